The largest absolute Gasteiger partial charge is 0.381 e. The maximum atomic E-state index is 13.4. The SMILES string of the molecule is N#Cc1cc(NCc2ccc(F)cc2F)ccc1F. The van der Waals surface area contributed by atoms with Crippen molar-refractivity contribution in [3.05, 3.63) is 65.0 Å². The summed E-state index contributed by atoms with van der Waals surface area (Å²) in [6, 6.07) is 8.92. The first-order valence-corrected chi connectivity index (χ1v) is 5.47. The highest BCUT2D eigenvalue weighted by Gasteiger charge is 2.05. The lowest BCUT2D eigenvalue weighted by atomic mass is 10.1. The number of nitriles is 1. The molecule has 2 aromatic carbocycles. The summed E-state index contributed by atoms with van der Waals surface area (Å²) in [6.07, 6.45) is 0. The zero-order valence-electron chi connectivity index (χ0n) is 9.75. The Labute approximate surface area is 108 Å². The zero-order valence-corrected chi connectivity index (χ0v) is 9.75. The van der Waals surface area contributed by atoms with Crippen LogP contribution in [0, 0.1) is 28.8 Å². The summed E-state index contributed by atoms with van der Waals surface area (Å²) < 4.78 is 39.2. The van der Waals surface area contributed by atoms with E-state index in [1.165, 1.54) is 18.2 Å². The molecule has 0 unspecified atom stereocenters. The van der Waals surface area contributed by atoms with E-state index in [0.29, 0.717) is 5.69 Å². The third kappa shape index (κ3) is 3.05. The number of hydrogen-bond donors (Lipinski definition) is 1. The Morgan fingerprint density at radius 3 is 2.47 bits per heavy atom. The molecule has 2 aromatic rings. The van der Waals surface area contributed by atoms with Crippen LogP contribution < -0.4 is 5.32 Å². The fourth-order valence-electron chi connectivity index (χ4n) is 1.58. The molecule has 0 bridgehead atoms. The van der Waals surface area contributed by atoms with Crippen molar-refractivity contribution in [2.24, 2.45) is 0 Å². The van der Waals surface area contributed by atoms with Gasteiger partial charge in [0, 0.05) is 23.9 Å². The van der Waals surface area contributed by atoms with Crippen molar-refractivity contribution in [3.8, 4) is 6.07 Å². The van der Waals surface area contributed by atoms with Gasteiger partial charge >= 0.3 is 0 Å². The van der Waals surface area contributed by atoms with Gasteiger partial charge in [0.15, 0.2) is 0 Å². The highest BCUT2D eigenvalue weighted by atomic mass is 19.1. The third-order valence-electron chi connectivity index (χ3n) is 2.58. The predicted octanol–water partition coefficient (Wildman–Crippen LogP) is 3.59. The van der Waals surface area contributed by atoms with Crippen LogP contribution in [0.3, 0.4) is 0 Å². The minimum absolute atomic E-state index is 0.0930. The van der Waals surface area contributed by atoms with Crippen LogP contribution in [0.15, 0.2) is 36.4 Å². The van der Waals surface area contributed by atoms with Crippen LogP contribution in [0.4, 0.5) is 18.9 Å². The Hall–Kier alpha value is -2.48. The van der Waals surface area contributed by atoms with Crippen LogP contribution in [0.2, 0.25) is 0 Å². The van der Waals surface area contributed by atoms with Crippen LogP contribution in [0.1, 0.15) is 11.1 Å². The Kier molecular flexibility index (Phi) is 3.71. The van der Waals surface area contributed by atoms with Crippen LogP contribution >= 0.6 is 0 Å². The summed E-state index contributed by atoms with van der Waals surface area (Å²) in [5.74, 6) is -1.91. The molecule has 2 nitrogen and oxygen atoms in total. The lowest BCUT2D eigenvalue weighted by Gasteiger charge is -2.08. The van der Waals surface area contributed by atoms with Crippen LogP contribution in [-0.4, -0.2) is 0 Å². The van der Waals surface area contributed by atoms with Crippen molar-refractivity contribution < 1.29 is 13.2 Å². The molecule has 0 aliphatic carbocycles. The van der Waals surface area contributed by atoms with Crippen molar-refractivity contribution in [1.29, 1.82) is 5.26 Å². The number of halogens is 3. The van der Waals surface area contributed by atoms with Gasteiger partial charge in [-0.1, -0.05) is 6.07 Å². The minimum atomic E-state index is -0.657. The number of nitrogens with one attached hydrogen (secondary N) is 1. The summed E-state index contributed by atoms with van der Waals surface area (Å²) in [5, 5.41) is 11.5. The van der Waals surface area contributed by atoms with Gasteiger partial charge in [-0.25, -0.2) is 13.2 Å². The van der Waals surface area contributed by atoms with Gasteiger partial charge in [0.25, 0.3) is 0 Å². The molecular formula is C14H9F3N2. The maximum Gasteiger partial charge on any atom is 0.141 e. The van der Waals surface area contributed by atoms with Gasteiger partial charge < -0.3 is 5.32 Å². The lowest BCUT2D eigenvalue weighted by molar-refractivity contribution is 0.574. The highest BCUT2D eigenvalue weighted by molar-refractivity contribution is 5.50. The van der Waals surface area contributed by atoms with E-state index in [-0.39, 0.29) is 17.7 Å². The van der Waals surface area contributed by atoms with Crippen LogP contribution in [0.5, 0.6) is 0 Å². The quantitative estimate of drug-likeness (QED) is 0.917. The first-order valence-electron chi connectivity index (χ1n) is 5.47. The smallest absolute Gasteiger partial charge is 0.141 e. The first-order chi connectivity index (χ1) is 9.10. The monoisotopic (exact) mass is 262 g/mol. The van der Waals surface area contributed by atoms with Gasteiger partial charge in [-0.15, -0.1) is 0 Å². The normalized spacial score (nSPS) is 10.0. The lowest BCUT2D eigenvalue weighted by Crippen LogP contribution is -2.02. The number of hydrogen-bond acceptors (Lipinski definition) is 2. The molecule has 0 atom stereocenters. The Balaban J connectivity index is 2.13. The molecule has 2 rings (SSSR count). The predicted molar refractivity (Wildman–Crippen MR) is 64.8 cm³/mol. The van der Waals surface area contributed by atoms with E-state index in [9.17, 15) is 13.2 Å². The molecule has 0 saturated carbocycles. The molecule has 0 radical (unpaired) electrons. The summed E-state index contributed by atoms with van der Waals surface area (Å²) in [6.45, 7) is 0.114. The van der Waals surface area contributed by atoms with Crippen molar-refractivity contribution in [2.45, 2.75) is 6.54 Å². The molecule has 0 amide bonds. The Morgan fingerprint density at radius 2 is 1.79 bits per heavy atom. The molecule has 0 heterocycles. The second kappa shape index (κ2) is 5.44. The van der Waals surface area contributed by atoms with Gasteiger partial charge in [-0.2, -0.15) is 5.26 Å². The topological polar surface area (TPSA) is 35.8 Å². The van der Waals surface area contributed by atoms with E-state index < -0.39 is 17.5 Å². The number of anilines is 1. The second-order valence-electron chi connectivity index (χ2n) is 3.90. The van der Waals surface area contributed by atoms with E-state index in [0.717, 1.165) is 18.2 Å². The molecule has 1 N–H and O–H groups in total. The highest BCUT2D eigenvalue weighted by Crippen LogP contribution is 2.16. The molecule has 19 heavy (non-hydrogen) atoms. The van der Waals surface area contributed by atoms with Crippen molar-refractivity contribution >= 4 is 5.69 Å². The van der Waals surface area contributed by atoms with Crippen molar-refractivity contribution in [1.82, 2.24) is 0 Å². The van der Waals surface area contributed by atoms with Gasteiger partial charge in [0.1, 0.15) is 23.5 Å². The third-order valence-corrected chi connectivity index (χ3v) is 2.58. The van der Waals surface area contributed by atoms with Crippen molar-refractivity contribution in [2.75, 3.05) is 5.32 Å². The summed E-state index contributed by atoms with van der Waals surface area (Å²) >= 11 is 0. The van der Waals surface area contributed by atoms with Crippen molar-refractivity contribution in [3.63, 3.8) is 0 Å². The Bertz CT molecular complexity index is 648. The molecule has 5 heteroatoms. The second-order valence-corrected chi connectivity index (χ2v) is 3.90. The summed E-state index contributed by atoms with van der Waals surface area (Å²) in [4.78, 5) is 0. The first kappa shape index (κ1) is 13.0. The van der Waals surface area contributed by atoms with Crippen LogP contribution in [-0.2, 0) is 6.54 Å². The van der Waals surface area contributed by atoms with E-state index in [1.54, 1.807) is 6.07 Å². The fraction of sp³-hybridized carbons (Fsp3) is 0.0714. The Morgan fingerprint density at radius 1 is 1.00 bits per heavy atom. The summed E-state index contributed by atoms with van der Waals surface area (Å²) in [5.41, 5.74) is 0.676. The number of rotatable bonds is 3. The average Bonchev–Trinajstić information content (AvgIpc) is 2.39. The molecule has 0 saturated heterocycles. The maximum absolute atomic E-state index is 13.4. The number of benzene rings is 2. The minimum Gasteiger partial charge on any atom is -0.381 e. The van der Waals surface area contributed by atoms with Gasteiger partial charge in [0.05, 0.1) is 5.56 Å². The van der Waals surface area contributed by atoms with Gasteiger partial charge in [-0.3, -0.25) is 0 Å². The number of nitrogens with zero attached hydrogens (tertiary/aromatic N) is 1. The van der Waals surface area contributed by atoms with E-state index in [4.69, 9.17) is 5.26 Å². The molecule has 0 spiro atoms. The fourth-order valence-corrected chi connectivity index (χ4v) is 1.58. The van der Waals surface area contributed by atoms with Crippen LogP contribution in [0.25, 0.3) is 0 Å². The molecular weight excluding hydrogens is 253 g/mol. The molecule has 0 aliphatic heterocycles. The average molecular weight is 262 g/mol. The summed E-state index contributed by atoms with van der Waals surface area (Å²) in [7, 11) is 0. The van der Waals surface area contributed by atoms with E-state index >= 15 is 0 Å². The standard InChI is InChI=1S/C14H9F3N2/c15-11-2-1-9(14(17)6-11)8-19-12-3-4-13(16)10(5-12)7-18/h1-6,19H,8H2. The molecule has 0 fully saturated rings. The zero-order chi connectivity index (χ0) is 13.8. The van der Waals surface area contributed by atoms with Gasteiger partial charge in [0.2, 0.25) is 0 Å². The van der Waals surface area contributed by atoms with Gasteiger partial charge in [-0.05, 0) is 24.3 Å². The van der Waals surface area contributed by atoms with E-state index in [1.807, 2.05) is 0 Å². The molecule has 0 aromatic heterocycles. The molecule has 0 aliphatic rings. The van der Waals surface area contributed by atoms with E-state index in [2.05, 4.69) is 5.32 Å². The molecule has 96 valence electrons.